The van der Waals surface area contributed by atoms with Gasteiger partial charge in [0.05, 0.1) is 0 Å². The Bertz CT molecular complexity index is 1020. The van der Waals surface area contributed by atoms with Gasteiger partial charge in [0.15, 0.2) is 0 Å². The number of benzene rings is 1. The van der Waals surface area contributed by atoms with E-state index in [0.717, 1.165) is 17.7 Å². The number of anilines is 1. The van der Waals surface area contributed by atoms with Crippen molar-refractivity contribution >= 4 is 17.0 Å². The van der Waals surface area contributed by atoms with Crippen molar-refractivity contribution in [1.82, 2.24) is 4.98 Å². The highest BCUT2D eigenvalue weighted by Crippen LogP contribution is 2.47. The summed E-state index contributed by atoms with van der Waals surface area (Å²) in [6.07, 6.45) is 7.71. The van der Waals surface area contributed by atoms with Gasteiger partial charge in [0.1, 0.15) is 5.69 Å². The van der Waals surface area contributed by atoms with Gasteiger partial charge in [0.25, 0.3) is 0 Å². The lowest BCUT2D eigenvalue weighted by Crippen LogP contribution is -2.25. The molecule has 0 saturated heterocycles. The minimum atomic E-state index is -0.101. The van der Waals surface area contributed by atoms with Crippen LogP contribution in [0.25, 0.3) is 5.57 Å². The van der Waals surface area contributed by atoms with Gasteiger partial charge in [0, 0.05) is 40.7 Å². The molecule has 0 N–H and O–H groups in total. The maximum absolute atomic E-state index is 12.9. The average Bonchev–Trinajstić information content (AvgIpc) is 2.90. The minimum absolute atomic E-state index is 0.00980. The van der Waals surface area contributed by atoms with E-state index in [-0.39, 0.29) is 11.2 Å². The molecule has 27 heavy (non-hydrogen) atoms. The molecule has 2 aliphatic rings. The van der Waals surface area contributed by atoms with Gasteiger partial charge in [0.2, 0.25) is 5.78 Å². The number of pyridine rings is 1. The molecular weight excluding hydrogens is 332 g/mol. The highest BCUT2D eigenvalue weighted by Gasteiger charge is 2.38. The number of ketones is 1. The van der Waals surface area contributed by atoms with Crippen molar-refractivity contribution in [1.29, 1.82) is 0 Å². The van der Waals surface area contributed by atoms with Crippen molar-refractivity contribution in [2.75, 3.05) is 11.4 Å². The highest BCUT2D eigenvalue weighted by atomic mass is 16.1. The SMILES string of the molecule is CCN1C(=CC=C2C=C(C)c3cccnc3C2=O)C(C)(C)c2ccccc21. The van der Waals surface area contributed by atoms with Crippen LogP contribution in [-0.4, -0.2) is 17.3 Å². The van der Waals surface area contributed by atoms with Gasteiger partial charge in [-0.05, 0) is 55.3 Å². The number of likely N-dealkylation sites (N-methyl/N-ethyl adjacent to an activating group) is 1. The summed E-state index contributed by atoms with van der Waals surface area (Å²) in [6.45, 7) is 9.57. The van der Waals surface area contributed by atoms with Gasteiger partial charge in [-0.3, -0.25) is 9.78 Å². The quantitative estimate of drug-likeness (QED) is 0.684. The zero-order chi connectivity index (χ0) is 19.2. The van der Waals surface area contributed by atoms with Gasteiger partial charge in [-0.15, -0.1) is 0 Å². The number of hydrogen-bond donors (Lipinski definition) is 0. The van der Waals surface area contributed by atoms with E-state index < -0.39 is 0 Å². The number of nitrogens with zero attached hydrogens (tertiary/aromatic N) is 2. The number of Topliss-reactive ketones (excluding diaryl/α,β-unsaturated/α-hetero) is 1. The third kappa shape index (κ3) is 2.66. The van der Waals surface area contributed by atoms with Crippen LogP contribution < -0.4 is 4.90 Å². The highest BCUT2D eigenvalue weighted by molar-refractivity contribution is 6.15. The van der Waals surface area contributed by atoms with Gasteiger partial charge < -0.3 is 4.90 Å². The number of allylic oxidation sites excluding steroid dienone is 6. The predicted molar refractivity (Wildman–Crippen MR) is 111 cm³/mol. The van der Waals surface area contributed by atoms with E-state index in [1.54, 1.807) is 6.20 Å². The van der Waals surface area contributed by atoms with Crippen molar-refractivity contribution < 1.29 is 4.79 Å². The average molecular weight is 356 g/mol. The fourth-order valence-corrected chi connectivity index (χ4v) is 4.19. The first-order valence-corrected chi connectivity index (χ1v) is 9.43. The Hall–Kier alpha value is -2.94. The standard InChI is InChI=1S/C24H24N2O/c1-5-26-20-11-7-6-10-19(20)24(3,4)21(26)13-12-17-15-16(2)18-9-8-14-25-22(18)23(17)27/h6-15H,5H2,1-4H3. The third-order valence-electron chi connectivity index (χ3n) is 5.62. The molecular formula is C24H24N2O. The molecule has 1 aromatic carbocycles. The van der Waals surface area contributed by atoms with E-state index in [0.29, 0.717) is 11.3 Å². The second kappa shape index (κ2) is 6.34. The molecule has 0 bridgehead atoms. The van der Waals surface area contributed by atoms with Gasteiger partial charge in [-0.1, -0.05) is 38.1 Å². The summed E-state index contributed by atoms with van der Waals surface area (Å²) in [6, 6.07) is 12.4. The minimum Gasteiger partial charge on any atom is -0.344 e. The summed E-state index contributed by atoms with van der Waals surface area (Å²) in [7, 11) is 0. The number of para-hydroxylation sites is 1. The van der Waals surface area contributed by atoms with Gasteiger partial charge in [-0.25, -0.2) is 0 Å². The first-order valence-electron chi connectivity index (χ1n) is 9.43. The number of carbonyl (C=O) groups excluding carboxylic acids is 1. The summed E-state index contributed by atoms with van der Waals surface area (Å²) < 4.78 is 0. The Morgan fingerprint density at radius 2 is 1.89 bits per heavy atom. The molecule has 1 aromatic heterocycles. The Kier molecular flexibility index (Phi) is 4.11. The number of hydrogen-bond acceptors (Lipinski definition) is 3. The normalized spacial score (nSPS) is 20.7. The lowest BCUT2D eigenvalue weighted by atomic mass is 9.83. The zero-order valence-electron chi connectivity index (χ0n) is 16.3. The summed E-state index contributed by atoms with van der Waals surface area (Å²) in [5, 5.41) is 0. The number of rotatable bonds is 2. The number of fused-ring (bicyclic) bond motifs is 2. The van der Waals surface area contributed by atoms with Crippen molar-refractivity contribution in [2.24, 2.45) is 0 Å². The zero-order valence-corrected chi connectivity index (χ0v) is 16.3. The van der Waals surface area contributed by atoms with E-state index in [1.807, 2.05) is 31.2 Å². The topological polar surface area (TPSA) is 33.2 Å². The first kappa shape index (κ1) is 17.5. The number of carbonyl (C=O) groups is 1. The van der Waals surface area contributed by atoms with Crippen LogP contribution >= 0.6 is 0 Å². The van der Waals surface area contributed by atoms with Crippen LogP contribution in [0.1, 0.15) is 49.3 Å². The second-order valence-corrected chi connectivity index (χ2v) is 7.62. The van der Waals surface area contributed by atoms with E-state index in [4.69, 9.17) is 0 Å². The summed E-state index contributed by atoms with van der Waals surface area (Å²) >= 11 is 0. The van der Waals surface area contributed by atoms with Crippen LogP contribution in [0.5, 0.6) is 0 Å². The van der Waals surface area contributed by atoms with E-state index in [1.165, 1.54) is 16.9 Å². The fourth-order valence-electron chi connectivity index (χ4n) is 4.19. The molecule has 0 unspecified atom stereocenters. The molecule has 2 heterocycles. The monoisotopic (exact) mass is 356 g/mol. The fraction of sp³-hybridized carbons (Fsp3) is 0.250. The van der Waals surface area contributed by atoms with Crippen molar-refractivity contribution in [3.63, 3.8) is 0 Å². The first-order chi connectivity index (χ1) is 12.9. The largest absolute Gasteiger partial charge is 0.344 e. The molecule has 1 aliphatic heterocycles. The Morgan fingerprint density at radius 3 is 2.67 bits per heavy atom. The Balaban J connectivity index is 1.79. The Morgan fingerprint density at radius 1 is 1.11 bits per heavy atom. The van der Waals surface area contributed by atoms with Crippen LogP contribution in [0.3, 0.4) is 0 Å². The lowest BCUT2D eigenvalue weighted by Gasteiger charge is -2.26. The van der Waals surface area contributed by atoms with Crippen molar-refractivity contribution in [2.45, 2.75) is 33.1 Å². The van der Waals surface area contributed by atoms with Crippen LogP contribution in [0.4, 0.5) is 5.69 Å². The van der Waals surface area contributed by atoms with Crippen molar-refractivity contribution in [3.8, 4) is 0 Å². The molecule has 0 spiro atoms. The molecule has 0 saturated carbocycles. The molecule has 1 aliphatic carbocycles. The van der Waals surface area contributed by atoms with E-state index in [2.05, 4.69) is 61.0 Å². The molecule has 3 nitrogen and oxygen atoms in total. The van der Waals surface area contributed by atoms with Crippen LogP contribution in [0, 0.1) is 0 Å². The molecule has 0 fully saturated rings. The van der Waals surface area contributed by atoms with Crippen LogP contribution in [0.15, 0.2) is 72.1 Å². The van der Waals surface area contributed by atoms with Crippen LogP contribution in [0.2, 0.25) is 0 Å². The maximum Gasteiger partial charge on any atom is 0.211 e. The predicted octanol–water partition coefficient (Wildman–Crippen LogP) is 5.31. The van der Waals surface area contributed by atoms with Crippen LogP contribution in [-0.2, 0) is 5.41 Å². The van der Waals surface area contributed by atoms with Gasteiger partial charge in [-0.2, -0.15) is 0 Å². The second-order valence-electron chi connectivity index (χ2n) is 7.62. The molecule has 0 amide bonds. The molecule has 136 valence electrons. The Labute approximate surface area is 160 Å². The summed E-state index contributed by atoms with van der Waals surface area (Å²) in [5.41, 5.74) is 6.92. The van der Waals surface area contributed by atoms with E-state index >= 15 is 0 Å². The molecule has 4 rings (SSSR count). The van der Waals surface area contributed by atoms with E-state index in [9.17, 15) is 4.79 Å². The van der Waals surface area contributed by atoms with Gasteiger partial charge >= 0.3 is 0 Å². The summed E-state index contributed by atoms with van der Waals surface area (Å²) in [4.78, 5) is 19.5. The third-order valence-corrected chi connectivity index (χ3v) is 5.62. The molecule has 3 heteroatoms. The lowest BCUT2D eigenvalue weighted by molar-refractivity contribution is 0.103. The number of aromatic nitrogens is 1. The molecule has 0 atom stereocenters. The molecule has 0 radical (unpaired) electrons. The smallest absolute Gasteiger partial charge is 0.211 e. The summed E-state index contributed by atoms with van der Waals surface area (Å²) in [5.74, 6) is -0.00980. The molecule has 2 aromatic rings. The maximum atomic E-state index is 12.9. The van der Waals surface area contributed by atoms with Crippen molar-refractivity contribution in [3.05, 3.63) is 88.9 Å².